The van der Waals surface area contributed by atoms with Crippen LogP contribution in [0, 0.1) is 0 Å². The van der Waals surface area contributed by atoms with Crippen molar-refractivity contribution in [1.29, 1.82) is 0 Å². The molecule has 0 fully saturated rings. The third-order valence-corrected chi connectivity index (χ3v) is 1.38. The number of hydrogen-bond donors (Lipinski definition) is 0. The van der Waals surface area contributed by atoms with Crippen LogP contribution in [0.25, 0.3) is 0 Å². The first-order chi connectivity index (χ1) is 8.10. The molecule has 0 radical (unpaired) electrons. The first-order valence-electron chi connectivity index (χ1n) is 4.91. The smallest absolute Gasteiger partial charge is 0.331 e. The summed E-state index contributed by atoms with van der Waals surface area (Å²) in [7, 11) is 0. The van der Waals surface area contributed by atoms with Gasteiger partial charge in [0.25, 0.3) is 0 Å². The van der Waals surface area contributed by atoms with Crippen LogP contribution in [0.1, 0.15) is 6.92 Å². The van der Waals surface area contributed by atoms with Gasteiger partial charge in [-0.3, -0.25) is 0 Å². The van der Waals surface area contributed by atoms with Gasteiger partial charge in [-0.25, -0.2) is 14.4 Å². The van der Waals surface area contributed by atoms with Crippen molar-refractivity contribution in [3.8, 4) is 0 Å². The molecule has 0 rings (SSSR count). The average Bonchev–Trinajstić information content (AvgIpc) is 2.32. The zero-order valence-electron chi connectivity index (χ0n) is 9.51. The Labute approximate surface area is 98.8 Å². The van der Waals surface area contributed by atoms with Crippen molar-refractivity contribution in [3.05, 3.63) is 24.8 Å². The molecule has 0 unspecified atom stereocenters. The number of ether oxygens (including phenoxy) is 3. The predicted octanol–water partition coefficient (Wildman–Crippen LogP) is 0.378. The fraction of sp³-hybridized carbons (Fsp3) is 0.364. The molecule has 17 heavy (non-hydrogen) atoms. The molecular formula is C11H14O6. The Morgan fingerprint density at radius 1 is 0.941 bits per heavy atom. The van der Waals surface area contributed by atoms with E-state index in [4.69, 9.17) is 0 Å². The fourth-order valence-corrected chi connectivity index (χ4v) is 0.718. The van der Waals surface area contributed by atoms with Gasteiger partial charge in [-0.15, -0.1) is 0 Å². The van der Waals surface area contributed by atoms with E-state index in [0.29, 0.717) is 0 Å². The quantitative estimate of drug-likeness (QED) is 0.278. The number of hydrogen-bond acceptors (Lipinski definition) is 6. The first-order valence-corrected chi connectivity index (χ1v) is 4.91. The maximum atomic E-state index is 11.0. The van der Waals surface area contributed by atoms with Gasteiger partial charge in [0.2, 0.25) is 0 Å². The maximum absolute atomic E-state index is 11.0. The van der Waals surface area contributed by atoms with Gasteiger partial charge < -0.3 is 14.2 Å². The lowest BCUT2D eigenvalue weighted by molar-refractivity contribution is -0.146. The van der Waals surface area contributed by atoms with E-state index < -0.39 is 17.9 Å². The second-order valence-corrected chi connectivity index (χ2v) is 2.62. The SMILES string of the molecule is C=CC(=O)OCCOC(=O)/C=C\C(=O)OCC. The minimum atomic E-state index is -0.715. The second-order valence-electron chi connectivity index (χ2n) is 2.62. The molecule has 0 atom stereocenters. The Bertz CT molecular complexity index is 318. The van der Waals surface area contributed by atoms with Crippen molar-refractivity contribution >= 4 is 17.9 Å². The van der Waals surface area contributed by atoms with E-state index in [9.17, 15) is 14.4 Å². The molecule has 0 aliphatic carbocycles. The molecule has 6 heteroatoms. The Kier molecular flexibility index (Phi) is 8.01. The molecule has 0 amide bonds. The van der Waals surface area contributed by atoms with Gasteiger partial charge in [0, 0.05) is 18.2 Å². The van der Waals surface area contributed by atoms with E-state index >= 15 is 0 Å². The third-order valence-electron chi connectivity index (χ3n) is 1.38. The van der Waals surface area contributed by atoms with Crippen LogP contribution in [0.15, 0.2) is 24.8 Å². The van der Waals surface area contributed by atoms with E-state index in [0.717, 1.165) is 18.2 Å². The van der Waals surface area contributed by atoms with Gasteiger partial charge in [-0.2, -0.15) is 0 Å². The summed E-state index contributed by atoms with van der Waals surface area (Å²) in [6, 6.07) is 0. The zero-order chi connectivity index (χ0) is 13.1. The molecule has 0 N–H and O–H groups in total. The van der Waals surface area contributed by atoms with Gasteiger partial charge in [0.05, 0.1) is 6.61 Å². The molecule has 0 aromatic heterocycles. The van der Waals surface area contributed by atoms with Crippen LogP contribution in [-0.2, 0) is 28.6 Å². The summed E-state index contributed by atoms with van der Waals surface area (Å²) in [5.74, 6) is -1.93. The summed E-state index contributed by atoms with van der Waals surface area (Å²) in [6.45, 7) is 4.92. The highest BCUT2D eigenvalue weighted by Gasteiger charge is 2.01. The Hall–Kier alpha value is -2.11. The minimum absolute atomic E-state index is 0.0656. The lowest BCUT2D eigenvalue weighted by atomic mass is 10.5. The van der Waals surface area contributed by atoms with Crippen LogP contribution >= 0.6 is 0 Å². The molecule has 0 aromatic rings. The topological polar surface area (TPSA) is 78.9 Å². The van der Waals surface area contributed by atoms with Crippen molar-refractivity contribution in [2.75, 3.05) is 19.8 Å². The van der Waals surface area contributed by atoms with Crippen molar-refractivity contribution in [1.82, 2.24) is 0 Å². The Balaban J connectivity index is 3.69. The van der Waals surface area contributed by atoms with Gasteiger partial charge in [-0.1, -0.05) is 6.58 Å². The van der Waals surface area contributed by atoms with Crippen molar-refractivity contribution in [2.45, 2.75) is 6.92 Å². The molecule has 0 bridgehead atoms. The molecule has 0 saturated carbocycles. The molecule has 0 aromatic carbocycles. The van der Waals surface area contributed by atoms with E-state index in [1.165, 1.54) is 0 Å². The lowest BCUT2D eigenvalue weighted by Gasteiger charge is -2.02. The molecule has 0 aliphatic heterocycles. The normalized spacial score (nSPS) is 9.71. The summed E-state index contributed by atoms with van der Waals surface area (Å²) < 4.78 is 13.7. The second kappa shape index (κ2) is 9.14. The van der Waals surface area contributed by atoms with Crippen LogP contribution < -0.4 is 0 Å². The summed E-state index contributed by atoms with van der Waals surface area (Å²) in [5, 5.41) is 0. The van der Waals surface area contributed by atoms with Gasteiger partial charge in [0.1, 0.15) is 13.2 Å². The Morgan fingerprint density at radius 2 is 1.41 bits per heavy atom. The molecule has 0 aliphatic rings. The van der Waals surface area contributed by atoms with Crippen LogP contribution in [0.3, 0.4) is 0 Å². The van der Waals surface area contributed by atoms with E-state index in [2.05, 4.69) is 20.8 Å². The molecule has 0 spiro atoms. The average molecular weight is 242 g/mol. The Morgan fingerprint density at radius 3 is 1.88 bits per heavy atom. The highest BCUT2D eigenvalue weighted by Crippen LogP contribution is 1.87. The van der Waals surface area contributed by atoms with Crippen molar-refractivity contribution < 1.29 is 28.6 Å². The summed E-state index contributed by atoms with van der Waals surface area (Å²) in [6.07, 6.45) is 2.90. The van der Waals surface area contributed by atoms with E-state index in [-0.39, 0.29) is 19.8 Å². The van der Waals surface area contributed by atoms with Gasteiger partial charge in [0.15, 0.2) is 0 Å². The predicted molar refractivity (Wildman–Crippen MR) is 57.9 cm³/mol. The van der Waals surface area contributed by atoms with E-state index in [1.54, 1.807) is 6.92 Å². The van der Waals surface area contributed by atoms with Crippen LogP contribution in [0.5, 0.6) is 0 Å². The van der Waals surface area contributed by atoms with Crippen LogP contribution in [0.4, 0.5) is 0 Å². The number of esters is 3. The molecule has 0 heterocycles. The molecule has 0 saturated heterocycles. The molecule has 94 valence electrons. The summed E-state index contributed by atoms with van der Waals surface area (Å²) >= 11 is 0. The monoisotopic (exact) mass is 242 g/mol. The van der Waals surface area contributed by atoms with Crippen molar-refractivity contribution in [2.24, 2.45) is 0 Å². The zero-order valence-corrected chi connectivity index (χ0v) is 9.51. The molecular weight excluding hydrogens is 228 g/mol. The number of carbonyl (C=O) groups excluding carboxylic acids is 3. The van der Waals surface area contributed by atoms with Crippen LogP contribution in [-0.4, -0.2) is 37.7 Å². The third kappa shape index (κ3) is 8.86. The van der Waals surface area contributed by atoms with Crippen molar-refractivity contribution in [3.63, 3.8) is 0 Å². The number of carbonyl (C=O) groups is 3. The standard InChI is InChI=1S/C11H14O6/c1-3-9(12)16-7-8-17-11(14)6-5-10(13)15-4-2/h3,5-6H,1,4,7-8H2,2H3/b6-5-. The summed E-state index contributed by atoms with van der Waals surface area (Å²) in [4.78, 5) is 32.4. The highest BCUT2D eigenvalue weighted by molar-refractivity contribution is 5.91. The highest BCUT2D eigenvalue weighted by atomic mass is 16.6. The summed E-state index contributed by atoms with van der Waals surface area (Å²) in [5.41, 5.74) is 0. The largest absolute Gasteiger partial charge is 0.463 e. The van der Waals surface area contributed by atoms with Gasteiger partial charge in [-0.05, 0) is 6.92 Å². The van der Waals surface area contributed by atoms with Gasteiger partial charge >= 0.3 is 17.9 Å². The first kappa shape index (κ1) is 14.9. The minimum Gasteiger partial charge on any atom is -0.463 e. The maximum Gasteiger partial charge on any atom is 0.331 e. The fourth-order valence-electron chi connectivity index (χ4n) is 0.718. The van der Waals surface area contributed by atoms with E-state index in [1.807, 2.05) is 0 Å². The number of rotatable bonds is 7. The van der Waals surface area contributed by atoms with Crippen LogP contribution in [0.2, 0.25) is 0 Å². The lowest BCUT2D eigenvalue weighted by Crippen LogP contribution is -2.11. The molecule has 6 nitrogen and oxygen atoms in total.